The van der Waals surface area contributed by atoms with E-state index in [9.17, 15) is 9.36 Å². The normalized spacial score (nSPS) is 13.1. The number of rotatable bonds is 5. The fourth-order valence-electron chi connectivity index (χ4n) is 1.36. The van der Waals surface area contributed by atoms with Crippen molar-refractivity contribution in [1.82, 2.24) is 0 Å². The summed E-state index contributed by atoms with van der Waals surface area (Å²) in [6, 6.07) is 8.69. The summed E-state index contributed by atoms with van der Waals surface area (Å²) in [4.78, 5) is 11.1. The lowest BCUT2D eigenvalue weighted by atomic mass is 10.2. The van der Waals surface area contributed by atoms with Gasteiger partial charge in [0.15, 0.2) is 0 Å². The first-order chi connectivity index (χ1) is 8.03. The molecule has 1 atom stereocenters. The molecule has 0 N–H and O–H groups in total. The summed E-state index contributed by atoms with van der Waals surface area (Å²) in [5.41, 5.74) is 0.565. The van der Waals surface area contributed by atoms with Gasteiger partial charge in [-0.15, -0.1) is 0 Å². The third-order valence-corrected chi connectivity index (χ3v) is 4.15. The van der Waals surface area contributed by atoms with Crippen molar-refractivity contribution in [3.63, 3.8) is 0 Å². The minimum absolute atomic E-state index is 0.548. The van der Waals surface area contributed by atoms with E-state index in [0.29, 0.717) is 5.56 Å². The Morgan fingerprint density at radius 2 is 1.71 bits per heavy atom. The summed E-state index contributed by atoms with van der Waals surface area (Å²) < 4.78 is 27.0. The molecule has 0 aliphatic rings. The molecule has 1 rings (SSSR count). The highest BCUT2D eigenvalue weighted by atomic mass is 31.2. The van der Waals surface area contributed by atoms with Crippen molar-refractivity contribution in [1.29, 1.82) is 0 Å². The molecule has 1 aromatic carbocycles. The van der Waals surface area contributed by atoms with Crippen LogP contribution in [0.15, 0.2) is 30.3 Å². The lowest BCUT2D eigenvalue weighted by molar-refractivity contribution is -0.143. The van der Waals surface area contributed by atoms with Crippen LogP contribution in [0.25, 0.3) is 0 Å². The first kappa shape index (κ1) is 13.9. The van der Waals surface area contributed by atoms with E-state index in [2.05, 4.69) is 0 Å². The van der Waals surface area contributed by atoms with Gasteiger partial charge < -0.3 is 13.8 Å². The molecule has 0 aromatic heterocycles. The molecule has 0 radical (unpaired) electrons. The lowest BCUT2D eigenvalue weighted by Gasteiger charge is -2.23. The van der Waals surface area contributed by atoms with Crippen LogP contribution >= 0.6 is 7.60 Å². The predicted molar refractivity (Wildman–Crippen MR) is 62.6 cm³/mol. The molecule has 0 bridgehead atoms. The highest BCUT2D eigenvalue weighted by Gasteiger charge is 2.38. The van der Waals surface area contributed by atoms with E-state index in [1.165, 1.54) is 21.1 Å². The van der Waals surface area contributed by atoms with Crippen LogP contribution in [0.3, 0.4) is 0 Å². The molecule has 0 aliphatic carbocycles. The number of ether oxygens (including phenoxy) is 1. The quantitative estimate of drug-likeness (QED) is 0.600. The largest absolute Gasteiger partial charge is 0.445 e. The Kier molecular flexibility index (Phi) is 4.87. The van der Waals surface area contributed by atoms with Crippen LogP contribution in [0.1, 0.15) is 18.3 Å². The predicted octanol–water partition coefficient (Wildman–Crippen LogP) is 2.73. The molecule has 0 aliphatic heterocycles. The van der Waals surface area contributed by atoms with Gasteiger partial charge >= 0.3 is 13.6 Å². The second kappa shape index (κ2) is 5.96. The standard InChI is InChI=1S/C11H15O5P/c1-9(12)16-11(17(13,14-2)15-3)10-7-5-4-6-8-10/h4-8,11H,1-3H3/t11-/m1/s1. The first-order valence-corrected chi connectivity index (χ1v) is 6.58. The van der Waals surface area contributed by atoms with E-state index in [1.807, 2.05) is 0 Å². The lowest BCUT2D eigenvalue weighted by Crippen LogP contribution is -2.11. The van der Waals surface area contributed by atoms with Crippen molar-refractivity contribution in [2.75, 3.05) is 14.2 Å². The molecule has 0 fully saturated rings. The van der Waals surface area contributed by atoms with Crippen LogP contribution < -0.4 is 0 Å². The van der Waals surface area contributed by atoms with Gasteiger partial charge in [0.25, 0.3) is 0 Å². The smallest absolute Gasteiger partial charge is 0.375 e. The van der Waals surface area contributed by atoms with Gasteiger partial charge in [0.1, 0.15) is 0 Å². The Morgan fingerprint density at radius 3 is 2.12 bits per heavy atom. The number of hydrogen-bond donors (Lipinski definition) is 0. The Balaban J connectivity index is 3.12. The van der Waals surface area contributed by atoms with Crippen molar-refractivity contribution in [2.24, 2.45) is 0 Å². The molecule has 1 aromatic rings. The summed E-state index contributed by atoms with van der Waals surface area (Å²) in [6.45, 7) is 1.24. The van der Waals surface area contributed by atoms with E-state index in [1.54, 1.807) is 30.3 Å². The Morgan fingerprint density at radius 1 is 1.18 bits per heavy atom. The molecule has 5 nitrogen and oxygen atoms in total. The van der Waals surface area contributed by atoms with Gasteiger partial charge in [0, 0.05) is 26.7 Å². The number of carbonyl (C=O) groups is 1. The minimum Gasteiger partial charge on any atom is -0.445 e. The molecule has 0 saturated carbocycles. The molecule has 6 heteroatoms. The van der Waals surface area contributed by atoms with Crippen LogP contribution in [-0.2, 0) is 23.1 Å². The van der Waals surface area contributed by atoms with Crippen LogP contribution in [0.2, 0.25) is 0 Å². The molecular weight excluding hydrogens is 243 g/mol. The Labute approximate surface area is 100 Å². The van der Waals surface area contributed by atoms with Crippen LogP contribution in [0, 0.1) is 0 Å². The van der Waals surface area contributed by atoms with E-state index < -0.39 is 19.4 Å². The fraction of sp³-hybridized carbons (Fsp3) is 0.364. The topological polar surface area (TPSA) is 61.8 Å². The average molecular weight is 258 g/mol. The number of esters is 1. The Hall–Kier alpha value is -1.16. The molecule has 94 valence electrons. The van der Waals surface area contributed by atoms with Crippen LogP contribution in [0.4, 0.5) is 0 Å². The second-order valence-corrected chi connectivity index (χ2v) is 5.56. The molecule has 0 heterocycles. The van der Waals surface area contributed by atoms with Crippen LogP contribution in [0.5, 0.6) is 0 Å². The van der Waals surface area contributed by atoms with E-state index in [-0.39, 0.29) is 0 Å². The summed E-state index contributed by atoms with van der Waals surface area (Å²) in [7, 11) is -1.00. The van der Waals surface area contributed by atoms with Gasteiger partial charge in [-0.3, -0.25) is 9.36 Å². The molecule has 0 unspecified atom stereocenters. The van der Waals surface area contributed by atoms with E-state index in [0.717, 1.165) is 0 Å². The van der Waals surface area contributed by atoms with E-state index in [4.69, 9.17) is 13.8 Å². The van der Waals surface area contributed by atoms with Gasteiger partial charge in [-0.25, -0.2) is 0 Å². The molecule has 0 saturated heterocycles. The van der Waals surface area contributed by atoms with Gasteiger partial charge in [-0.2, -0.15) is 0 Å². The highest BCUT2D eigenvalue weighted by Crippen LogP contribution is 2.60. The Bertz CT molecular complexity index is 409. The summed E-state index contributed by atoms with van der Waals surface area (Å²) in [5.74, 6) is -1.59. The van der Waals surface area contributed by atoms with Crippen molar-refractivity contribution in [2.45, 2.75) is 12.8 Å². The number of hydrogen-bond acceptors (Lipinski definition) is 5. The zero-order chi connectivity index (χ0) is 12.9. The zero-order valence-corrected chi connectivity index (χ0v) is 10.8. The third-order valence-electron chi connectivity index (χ3n) is 2.16. The van der Waals surface area contributed by atoms with Gasteiger partial charge in [0.05, 0.1) is 0 Å². The fourth-order valence-corrected chi connectivity index (χ4v) is 2.70. The molecule has 0 amide bonds. The maximum Gasteiger partial charge on any atom is 0.375 e. The number of carbonyl (C=O) groups excluding carboxylic acids is 1. The van der Waals surface area contributed by atoms with Crippen molar-refractivity contribution in [3.8, 4) is 0 Å². The third kappa shape index (κ3) is 3.40. The van der Waals surface area contributed by atoms with Crippen LogP contribution in [-0.4, -0.2) is 20.2 Å². The van der Waals surface area contributed by atoms with E-state index >= 15 is 0 Å². The maximum atomic E-state index is 12.3. The minimum atomic E-state index is -3.51. The second-order valence-electron chi connectivity index (χ2n) is 3.28. The zero-order valence-electron chi connectivity index (χ0n) is 9.95. The average Bonchev–Trinajstić information content (AvgIpc) is 2.36. The van der Waals surface area contributed by atoms with Gasteiger partial charge in [-0.1, -0.05) is 30.3 Å². The SMILES string of the molecule is COP(=O)(OC)[C@@H](OC(C)=O)c1ccccc1. The summed E-state index contributed by atoms with van der Waals surface area (Å²) >= 11 is 0. The highest BCUT2D eigenvalue weighted by molar-refractivity contribution is 7.54. The first-order valence-electron chi connectivity index (χ1n) is 4.97. The molecule has 0 spiro atoms. The van der Waals surface area contributed by atoms with Gasteiger partial charge in [-0.05, 0) is 0 Å². The summed E-state index contributed by atoms with van der Waals surface area (Å²) in [5, 5.41) is 0. The van der Waals surface area contributed by atoms with Crippen molar-refractivity contribution in [3.05, 3.63) is 35.9 Å². The molecular formula is C11H15O5P. The number of benzene rings is 1. The van der Waals surface area contributed by atoms with Crippen molar-refractivity contribution >= 4 is 13.6 Å². The van der Waals surface area contributed by atoms with Crippen molar-refractivity contribution < 1.29 is 23.1 Å². The summed E-state index contributed by atoms with van der Waals surface area (Å²) in [6.07, 6.45) is 0. The molecule has 17 heavy (non-hydrogen) atoms. The maximum absolute atomic E-state index is 12.3. The van der Waals surface area contributed by atoms with Gasteiger partial charge in [0.2, 0.25) is 5.85 Å². The monoisotopic (exact) mass is 258 g/mol.